The molecule has 0 aliphatic rings. The average molecular weight is 473 g/mol. The molecule has 180 valence electrons. The first-order valence-electron chi connectivity index (χ1n) is 13.6. The van der Waals surface area contributed by atoms with E-state index in [4.69, 9.17) is 0 Å². The first-order valence-corrected chi connectivity index (χ1v) is 15.6. The summed E-state index contributed by atoms with van der Waals surface area (Å²) in [5.74, 6) is 2.51. The third kappa shape index (κ3) is 11.5. The zero-order valence-electron chi connectivity index (χ0n) is 21.0. The van der Waals surface area contributed by atoms with E-state index in [-0.39, 0.29) is 0 Å². The van der Waals surface area contributed by atoms with Crippen LogP contribution in [0.5, 0.6) is 0 Å². The summed E-state index contributed by atoms with van der Waals surface area (Å²) < 4.78 is 0. The predicted molar refractivity (Wildman–Crippen MR) is 151 cm³/mol. The number of hydrogen-bond acceptors (Lipinski definition) is 2. The monoisotopic (exact) mass is 472 g/mol. The second-order valence-corrected chi connectivity index (χ2v) is 11.5. The van der Waals surface area contributed by atoms with Gasteiger partial charge in [-0.25, -0.2) is 0 Å². The summed E-state index contributed by atoms with van der Waals surface area (Å²) in [5, 5.41) is 2.91. The molecule has 2 aromatic carbocycles. The summed E-state index contributed by atoms with van der Waals surface area (Å²) in [6.07, 6.45) is 22.4. The smallest absolute Gasteiger partial charge is 0.0162 e. The van der Waals surface area contributed by atoms with Crippen LogP contribution in [0.15, 0.2) is 46.2 Å². The van der Waals surface area contributed by atoms with Crippen LogP contribution in [0.4, 0.5) is 0 Å². The molecule has 0 nitrogen and oxygen atoms in total. The van der Waals surface area contributed by atoms with E-state index in [9.17, 15) is 0 Å². The topological polar surface area (TPSA) is 0 Å². The van der Waals surface area contributed by atoms with E-state index in [1.807, 2.05) is 0 Å². The van der Waals surface area contributed by atoms with E-state index in [2.05, 4.69) is 73.8 Å². The number of rotatable bonds is 20. The van der Waals surface area contributed by atoms with Gasteiger partial charge in [0.05, 0.1) is 0 Å². The van der Waals surface area contributed by atoms with Crippen molar-refractivity contribution in [2.45, 2.75) is 126 Å². The molecule has 2 rings (SSSR count). The highest BCUT2D eigenvalue weighted by atomic mass is 32.2. The molecule has 0 unspecified atom stereocenters. The molecule has 0 spiro atoms. The van der Waals surface area contributed by atoms with Crippen LogP contribution in [0, 0.1) is 0 Å². The van der Waals surface area contributed by atoms with Gasteiger partial charge in [0.15, 0.2) is 0 Å². The summed E-state index contributed by atoms with van der Waals surface area (Å²) in [5.41, 5.74) is 0. The van der Waals surface area contributed by atoms with Gasteiger partial charge in [0.2, 0.25) is 0 Å². The van der Waals surface area contributed by atoms with Crippen LogP contribution in [0.2, 0.25) is 0 Å². The van der Waals surface area contributed by atoms with Crippen LogP contribution in [-0.4, -0.2) is 11.5 Å². The summed E-state index contributed by atoms with van der Waals surface area (Å²) in [7, 11) is 0. The van der Waals surface area contributed by atoms with Crippen molar-refractivity contribution in [3.05, 3.63) is 36.4 Å². The highest BCUT2D eigenvalue weighted by Crippen LogP contribution is 2.36. The van der Waals surface area contributed by atoms with E-state index >= 15 is 0 Å². The molecular weight excluding hydrogens is 424 g/mol. The van der Waals surface area contributed by atoms with Crippen molar-refractivity contribution in [1.82, 2.24) is 0 Å². The zero-order chi connectivity index (χ0) is 22.7. The Kier molecular flexibility index (Phi) is 16.2. The van der Waals surface area contributed by atoms with E-state index in [0.29, 0.717) is 0 Å². The summed E-state index contributed by atoms with van der Waals surface area (Å²) in [4.78, 5) is 2.98. The third-order valence-electron chi connectivity index (χ3n) is 6.34. The van der Waals surface area contributed by atoms with E-state index in [0.717, 1.165) is 0 Å². The average Bonchev–Trinajstić information content (AvgIpc) is 2.82. The SMILES string of the molecule is CCCCCCCCCCSc1cccc2cccc(SCCCCCCCCCC)c12. The van der Waals surface area contributed by atoms with Crippen molar-refractivity contribution in [3.63, 3.8) is 0 Å². The second-order valence-electron chi connectivity index (χ2n) is 9.26. The summed E-state index contributed by atoms with van der Waals surface area (Å²) in [6.45, 7) is 4.59. The maximum atomic E-state index is 2.35. The summed E-state index contributed by atoms with van der Waals surface area (Å²) in [6, 6.07) is 13.7. The lowest BCUT2D eigenvalue weighted by Crippen LogP contribution is -1.87. The minimum Gasteiger partial charge on any atom is -0.125 e. The first-order chi connectivity index (χ1) is 15.9. The Morgan fingerprint density at radius 2 is 0.844 bits per heavy atom. The van der Waals surface area contributed by atoms with Crippen molar-refractivity contribution < 1.29 is 0 Å². The van der Waals surface area contributed by atoms with Crippen LogP contribution in [-0.2, 0) is 0 Å². The molecule has 0 radical (unpaired) electrons. The molecule has 0 aliphatic carbocycles. The first kappa shape index (κ1) is 27.6. The van der Waals surface area contributed by atoms with Gasteiger partial charge >= 0.3 is 0 Å². The molecule has 2 heteroatoms. The highest BCUT2D eigenvalue weighted by molar-refractivity contribution is 8.00. The van der Waals surface area contributed by atoms with Gasteiger partial charge in [0, 0.05) is 15.2 Å². The number of unbranched alkanes of at least 4 members (excludes halogenated alkanes) is 14. The molecule has 0 atom stereocenters. The van der Waals surface area contributed by atoms with Crippen LogP contribution in [0.3, 0.4) is 0 Å². The minimum atomic E-state index is 1.26. The Labute approximate surface area is 208 Å². The molecule has 0 saturated carbocycles. The molecule has 0 saturated heterocycles. The largest absolute Gasteiger partial charge is 0.125 e. The fraction of sp³-hybridized carbons (Fsp3) is 0.667. The number of hydrogen-bond donors (Lipinski definition) is 0. The normalized spacial score (nSPS) is 11.4. The Bertz CT molecular complexity index is 652. The molecule has 32 heavy (non-hydrogen) atoms. The number of thioether (sulfide) groups is 2. The lowest BCUT2D eigenvalue weighted by Gasteiger charge is -2.11. The van der Waals surface area contributed by atoms with Gasteiger partial charge in [-0.05, 0) is 41.9 Å². The molecule has 0 bridgehead atoms. The number of fused-ring (bicyclic) bond motifs is 1. The van der Waals surface area contributed by atoms with Gasteiger partial charge in [0.1, 0.15) is 0 Å². The van der Waals surface area contributed by atoms with Gasteiger partial charge in [-0.15, -0.1) is 23.5 Å². The lowest BCUT2D eigenvalue weighted by atomic mass is 10.1. The number of benzene rings is 2. The van der Waals surface area contributed by atoms with Crippen molar-refractivity contribution >= 4 is 34.3 Å². The van der Waals surface area contributed by atoms with Crippen molar-refractivity contribution in [1.29, 1.82) is 0 Å². The Balaban J connectivity index is 1.72. The fourth-order valence-corrected chi connectivity index (χ4v) is 6.65. The van der Waals surface area contributed by atoms with Crippen LogP contribution in [0.25, 0.3) is 10.8 Å². The molecule has 0 aliphatic heterocycles. The molecular formula is C30H48S2. The standard InChI is InChI=1S/C30H48S2/c1-3-5-7-9-11-13-15-17-25-31-28-23-19-21-27-22-20-24-29(30(27)28)32-26-18-16-14-12-10-8-6-4-2/h19-24H,3-18,25-26H2,1-2H3. The molecule has 0 aromatic heterocycles. The third-order valence-corrected chi connectivity index (χ3v) is 8.63. The molecule has 0 N–H and O–H groups in total. The van der Waals surface area contributed by atoms with Crippen molar-refractivity contribution in [2.24, 2.45) is 0 Å². The van der Waals surface area contributed by atoms with Gasteiger partial charge in [0.25, 0.3) is 0 Å². The molecule has 2 aromatic rings. The van der Waals surface area contributed by atoms with Crippen LogP contribution < -0.4 is 0 Å². The quantitative estimate of drug-likeness (QED) is 0.139. The van der Waals surface area contributed by atoms with Crippen molar-refractivity contribution in [2.75, 3.05) is 11.5 Å². The zero-order valence-corrected chi connectivity index (χ0v) is 22.6. The second kappa shape index (κ2) is 18.8. The molecule has 0 fully saturated rings. The van der Waals surface area contributed by atoms with E-state index in [1.54, 1.807) is 0 Å². The van der Waals surface area contributed by atoms with Gasteiger partial charge in [-0.3, -0.25) is 0 Å². The maximum absolute atomic E-state index is 2.35. The maximum Gasteiger partial charge on any atom is 0.0162 e. The predicted octanol–water partition coefficient (Wildman–Crippen LogP) is 11.3. The minimum absolute atomic E-state index is 1.26. The molecule has 0 amide bonds. The van der Waals surface area contributed by atoms with E-state index in [1.165, 1.54) is 135 Å². The Hall–Kier alpha value is -0.600. The van der Waals surface area contributed by atoms with Crippen molar-refractivity contribution in [3.8, 4) is 0 Å². The van der Waals surface area contributed by atoms with Gasteiger partial charge < -0.3 is 0 Å². The van der Waals surface area contributed by atoms with Gasteiger partial charge in [-0.2, -0.15) is 0 Å². The lowest BCUT2D eigenvalue weighted by molar-refractivity contribution is 0.586. The van der Waals surface area contributed by atoms with E-state index < -0.39 is 0 Å². The highest BCUT2D eigenvalue weighted by Gasteiger charge is 2.07. The molecule has 0 heterocycles. The summed E-state index contributed by atoms with van der Waals surface area (Å²) >= 11 is 4.16. The Morgan fingerprint density at radius 1 is 0.469 bits per heavy atom. The van der Waals surface area contributed by atoms with Gasteiger partial charge in [-0.1, -0.05) is 128 Å². The fourth-order valence-electron chi connectivity index (χ4n) is 4.35. The van der Waals surface area contributed by atoms with Crippen LogP contribution >= 0.6 is 23.5 Å². The Morgan fingerprint density at radius 3 is 1.25 bits per heavy atom. The van der Waals surface area contributed by atoms with Crippen LogP contribution in [0.1, 0.15) is 117 Å².